The highest BCUT2D eigenvalue weighted by Crippen LogP contribution is 2.28. The van der Waals surface area contributed by atoms with E-state index >= 15 is 0 Å². The third kappa shape index (κ3) is 2.94. The molecule has 2 aromatic carbocycles. The number of nitrogens with zero attached hydrogens (tertiary/aromatic N) is 2. The summed E-state index contributed by atoms with van der Waals surface area (Å²) in [7, 11) is -2.46. The van der Waals surface area contributed by atoms with Crippen molar-refractivity contribution in [3.8, 4) is 6.07 Å². The topological polar surface area (TPSA) is 87.2 Å². The van der Waals surface area contributed by atoms with Crippen molar-refractivity contribution in [1.29, 1.82) is 5.26 Å². The highest BCUT2D eigenvalue weighted by molar-refractivity contribution is 7.93. The summed E-state index contributed by atoms with van der Waals surface area (Å²) in [5.41, 5.74) is 6.58. The molecule has 0 aliphatic heterocycles. The summed E-state index contributed by atoms with van der Waals surface area (Å²) in [5.74, 6) is 0. The molecule has 7 heteroatoms. The second-order valence-corrected chi connectivity index (χ2v) is 6.69. The van der Waals surface area contributed by atoms with Crippen LogP contribution < -0.4 is 10.0 Å². The molecule has 0 bridgehead atoms. The van der Waals surface area contributed by atoms with Gasteiger partial charge in [0.15, 0.2) is 0 Å². The minimum atomic E-state index is -3.86. The summed E-state index contributed by atoms with van der Waals surface area (Å²) in [4.78, 5) is -0.0696. The van der Waals surface area contributed by atoms with Crippen molar-refractivity contribution < 1.29 is 8.42 Å². The normalized spacial score (nSPS) is 10.9. The summed E-state index contributed by atoms with van der Waals surface area (Å²) in [5, 5.41) is 9.17. The Hall–Kier alpha value is -2.23. The summed E-state index contributed by atoms with van der Waals surface area (Å²) >= 11 is 5.84. The number of rotatable bonds is 3. The van der Waals surface area contributed by atoms with Crippen molar-refractivity contribution in [3.63, 3.8) is 0 Å². The Balaban J connectivity index is 2.53. The fourth-order valence-electron chi connectivity index (χ4n) is 1.79. The third-order valence-electron chi connectivity index (χ3n) is 2.95. The van der Waals surface area contributed by atoms with Gasteiger partial charge in [0.25, 0.3) is 10.0 Å². The van der Waals surface area contributed by atoms with E-state index in [0.717, 1.165) is 4.31 Å². The lowest BCUT2D eigenvalue weighted by atomic mass is 10.2. The molecule has 0 aromatic heterocycles. The van der Waals surface area contributed by atoms with Crippen LogP contribution in [0.15, 0.2) is 47.4 Å². The van der Waals surface area contributed by atoms with Gasteiger partial charge in [-0.1, -0.05) is 17.7 Å². The van der Waals surface area contributed by atoms with Crippen LogP contribution in [-0.2, 0) is 10.0 Å². The van der Waals surface area contributed by atoms with Crippen molar-refractivity contribution in [1.82, 2.24) is 0 Å². The highest BCUT2D eigenvalue weighted by atomic mass is 35.5. The van der Waals surface area contributed by atoms with Gasteiger partial charge in [-0.3, -0.25) is 4.31 Å². The molecule has 0 spiro atoms. The molecule has 2 aromatic rings. The molecule has 0 aliphatic rings. The summed E-state index contributed by atoms with van der Waals surface area (Å²) < 4.78 is 26.3. The van der Waals surface area contributed by atoms with Crippen molar-refractivity contribution in [2.75, 3.05) is 17.1 Å². The molecule has 2 N–H and O–H groups in total. The Morgan fingerprint density at radius 2 is 1.95 bits per heavy atom. The first kappa shape index (κ1) is 15.2. The van der Waals surface area contributed by atoms with E-state index in [4.69, 9.17) is 22.6 Å². The van der Waals surface area contributed by atoms with Gasteiger partial charge in [0.05, 0.1) is 23.0 Å². The molecule has 21 heavy (non-hydrogen) atoms. The van der Waals surface area contributed by atoms with Gasteiger partial charge >= 0.3 is 0 Å². The lowest BCUT2D eigenvalue weighted by molar-refractivity contribution is 0.595. The van der Waals surface area contributed by atoms with E-state index in [2.05, 4.69) is 0 Å². The summed E-state index contributed by atoms with van der Waals surface area (Å²) in [6.07, 6.45) is 0. The van der Waals surface area contributed by atoms with Crippen LogP contribution in [0.2, 0.25) is 5.02 Å². The van der Waals surface area contributed by atoms with Gasteiger partial charge in [0, 0.05) is 12.1 Å². The number of benzene rings is 2. The number of nitriles is 1. The van der Waals surface area contributed by atoms with Gasteiger partial charge in [-0.2, -0.15) is 5.26 Å². The van der Waals surface area contributed by atoms with E-state index in [1.54, 1.807) is 18.2 Å². The number of sulfonamides is 1. The number of nitrogens with two attached hydrogens (primary N) is 1. The molecule has 108 valence electrons. The van der Waals surface area contributed by atoms with Crippen LogP contribution in [0.3, 0.4) is 0 Å². The minimum Gasteiger partial charge on any atom is -0.398 e. The maximum atomic E-state index is 12.6. The monoisotopic (exact) mass is 321 g/mol. The fraction of sp³-hybridized carbons (Fsp3) is 0.0714. The maximum Gasteiger partial charge on any atom is 0.266 e. The predicted molar refractivity (Wildman–Crippen MR) is 82.6 cm³/mol. The Morgan fingerprint density at radius 3 is 2.62 bits per heavy atom. The summed E-state index contributed by atoms with van der Waals surface area (Å²) in [6.45, 7) is 0. The van der Waals surface area contributed by atoms with Crippen molar-refractivity contribution in [3.05, 3.63) is 53.1 Å². The standard InChI is InChI=1S/C14H12ClN3O2S/c1-18(12-4-2-3-10(7-12)9-16)21(19,20)14-8-11(15)5-6-13(14)17/h2-8H,17H2,1H3. The summed E-state index contributed by atoms with van der Waals surface area (Å²) in [6, 6.07) is 12.5. The van der Waals surface area contributed by atoms with Gasteiger partial charge in [-0.15, -0.1) is 0 Å². The minimum absolute atomic E-state index is 0.0696. The first-order chi connectivity index (χ1) is 9.86. The Morgan fingerprint density at radius 1 is 1.24 bits per heavy atom. The van der Waals surface area contributed by atoms with Gasteiger partial charge < -0.3 is 5.73 Å². The first-order valence-corrected chi connectivity index (χ1v) is 7.72. The van der Waals surface area contributed by atoms with Crippen molar-refractivity contribution in [2.45, 2.75) is 4.90 Å². The van der Waals surface area contributed by atoms with E-state index in [1.807, 2.05) is 6.07 Å². The quantitative estimate of drug-likeness (QED) is 0.880. The molecule has 2 rings (SSSR count). The number of halogens is 1. The van der Waals surface area contributed by atoms with Crippen LogP contribution in [0.1, 0.15) is 5.56 Å². The molecule has 0 aliphatic carbocycles. The van der Waals surface area contributed by atoms with E-state index in [1.165, 1.54) is 31.3 Å². The first-order valence-electron chi connectivity index (χ1n) is 5.90. The molecular weight excluding hydrogens is 310 g/mol. The van der Waals surface area contributed by atoms with Gasteiger partial charge in [0.2, 0.25) is 0 Å². The lowest BCUT2D eigenvalue weighted by Gasteiger charge is -2.20. The molecular formula is C14H12ClN3O2S. The molecule has 0 saturated heterocycles. The average molecular weight is 322 g/mol. The van der Waals surface area contributed by atoms with Crippen molar-refractivity contribution in [2.24, 2.45) is 0 Å². The van der Waals surface area contributed by atoms with Gasteiger partial charge in [-0.25, -0.2) is 8.42 Å². The largest absolute Gasteiger partial charge is 0.398 e. The Kier molecular flexibility index (Phi) is 4.07. The lowest BCUT2D eigenvalue weighted by Crippen LogP contribution is -2.27. The number of hydrogen-bond acceptors (Lipinski definition) is 4. The molecule has 0 saturated carbocycles. The van der Waals surface area contributed by atoms with Crippen LogP contribution in [0.4, 0.5) is 11.4 Å². The SMILES string of the molecule is CN(c1cccc(C#N)c1)S(=O)(=O)c1cc(Cl)ccc1N. The maximum absolute atomic E-state index is 12.6. The van der Waals surface area contributed by atoms with Gasteiger partial charge in [-0.05, 0) is 36.4 Å². The molecule has 0 fully saturated rings. The van der Waals surface area contributed by atoms with Crippen LogP contribution >= 0.6 is 11.6 Å². The molecule has 0 atom stereocenters. The van der Waals surface area contributed by atoms with E-state index < -0.39 is 10.0 Å². The Bertz CT molecular complexity index is 828. The molecule has 0 amide bonds. The zero-order valence-corrected chi connectivity index (χ0v) is 12.7. The zero-order valence-electron chi connectivity index (χ0n) is 11.1. The van der Waals surface area contributed by atoms with E-state index in [0.29, 0.717) is 11.3 Å². The fourth-order valence-corrected chi connectivity index (χ4v) is 3.35. The van der Waals surface area contributed by atoms with E-state index in [9.17, 15) is 8.42 Å². The van der Waals surface area contributed by atoms with Crippen LogP contribution in [-0.4, -0.2) is 15.5 Å². The average Bonchev–Trinajstić information content (AvgIpc) is 2.48. The predicted octanol–water partition coefficient (Wildman–Crippen LogP) is 2.62. The zero-order chi connectivity index (χ0) is 15.6. The molecule has 0 unspecified atom stereocenters. The second kappa shape index (κ2) is 5.64. The number of hydrogen-bond donors (Lipinski definition) is 1. The van der Waals surface area contributed by atoms with E-state index in [-0.39, 0.29) is 15.6 Å². The van der Waals surface area contributed by atoms with Crippen LogP contribution in [0, 0.1) is 11.3 Å². The van der Waals surface area contributed by atoms with Crippen LogP contribution in [0.25, 0.3) is 0 Å². The second-order valence-electron chi connectivity index (χ2n) is 4.32. The molecule has 5 nitrogen and oxygen atoms in total. The highest BCUT2D eigenvalue weighted by Gasteiger charge is 2.24. The third-order valence-corrected chi connectivity index (χ3v) is 5.03. The smallest absolute Gasteiger partial charge is 0.266 e. The number of nitrogen functional groups attached to an aromatic ring is 1. The Labute approximate surface area is 128 Å². The van der Waals surface area contributed by atoms with Crippen molar-refractivity contribution >= 4 is 33.0 Å². The number of anilines is 2. The molecule has 0 heterocycles. The van der Waals surface area contributed by atoms with Crippen LogP contribution in [0.5, 0.6) is 0 Å². The molecule has 0 radical (unpaired) electrons. The van der Waals surface area contributed by atoms with Gasteiger partial charge in [0.1, 0.15) is 4.90 Å².